The summed E-state index contributed by atoms with van der Waals surface area (Å²) in [5.74, 6) is 0.876. The fourth-order valence-corrected chi connectivity index (χ4v) is 5.47. The predicted octanol–water partition coefficient (Wildman–Crippen LogP) is 3.96. The van der Waals surface area contributed by atoms with Gasteiger partial charge in [0.05, 0.1) is 38.8 Å². The molecule has 0 aliphatic carbocycles. The summed E-state index contributed by atoms with van der Waals surface area (Å²) in [4.78, 5) is 14.7. The summed E-state index contributed by atoms with van der Waals surface area (Å²) in [6.07, 6.45) is 1.13. The highest BCUT2D eigenvalue weighted by Gasteiger charge is 2.40. The number of carbonyl (C=O) groups excluding carboxylic acids is 1. The number of benzene rings is 2. The molecule has 2 unspecified atom stereocenters. The van der Waals surface area contributed by atoms with Crippen molar-refractivity contribution in [3.8, 4) is 11.5 Å². The summed E-state index contributed by atoms with van der Waals surface area (Å²) in [6.45, 7) is 4.15. The summed E-state index contributed by atoms with van der Waals surface area (Å²) in [5.41, 5.74) is 2.08. The van der Waals surface area contributed by atoms with Crippen LogP contribution in [0.2, 0.25) is 0 Å². The number of methoxy groups -OCH3 is 2. The predicted molar refractivity (Wildman–Crippen MR) is 123 cm³/mol. The molecule has 32 heavy (non-hydrogen) atoms. The molecule has 0 saturated carbocycles. The van der Waals surface area contributed by atoms with Gasteiger partial charge in [-0.25, -0.2) is 13.2 Å². The van der Waals surface area contributed by atoms with E-state index >= 15 is 0 Å². The standard InChI is InChI=1S/C23H30N2O6S/c1-6-31-23(26)24(15-17-10-8-7-9-11-17)19-12-16(2)25(32(5,27)28)20-14-22(30-4)21(29-3)13-18(19)20/h7-11,13-14,16,19H,6,12,15H2,1-5H3. The van der Waals surface area contributed by atoms with Crippen LogP contribution in [0.5, 0.6) is 11.5 Å². The largest absolute Gasteiger partial charge is 0.493 e. The van der Waals surface area contributed by atoms with Crippen LogP contribution in [-0.2, 0) is 21.3 Å². The van der Waals surface area contributed by atoms with Crippen molar-refractivity contribution in [1.29, 1.82) is 0 Å². The van der Waals surface area contributed by atoms with Crippen molar-refractivity contribution in [2.75, 3.05) is 31.4 Å². The van der Waals surface area contributed by atoms with Crippen molar-refractivity contribution in [2.24, 2.45) is 0 Å². The first-order valence-corrected chi connectivity index (χ1v) is 12.3. The number of anilines is 1. The van der Waals surface area contributed by atoms with Crippen LogP contribution in [0.15, 0.2) is 42.5 Å². The monoisotopic (exact) mass is 462 g/mol. The van der Waals surface area contributed by atoms with Gasteiger partial charge >= 0.3 is 6.09 Å². The van der Waals surface area contributed by atoms with Gasteiger partial charge in [0.2, 0.25) is 10.0 Å². The van der Waals surface area contributed by atoms with Gasteiger partial charge in [0.25, 0.3) is 0 Å². The molecule has 3 rings (SSSR count). The topological polar surface area (TPSA) is 85.4 Å². The van der Waals surface area contributed by atoms with Crippen LogP contribution in [0, 0.1) is 0 Å². The highest BCUT2D eigenvalue weighted by Crippen LogP contribution is 2.47. The van der Waals surface area contributed by atoms with Gasteiger partial charge in [-0.2, -0.15) is 0 Å². The smallest absolute Gasteiger partial charge is 0.410 e. The van der Waals surface area contributed by atoms with Gasteiger partial charge in [-0.1, -0.05) is 30.3 Å². The number of nitrogens with zero attached hydrogens (tertiary/aromatic N) is 2. The van der Waals surface area contributed by atoms with E-state index in [0.29, 0.717) is 35.7 Å². The Morgan fingerprint density at radius 1 is 1.12 bits per heavy atom. The van der Waals surface area contributed by atoms with Crippen LogP contribution in [-0.4, -0.2) is 52.5 Å². The van der Waals surface area contributed by atoms with Crippen LogP contribution >= 0.6 is 0 Å². The lowest BCUT2D eigenvalue weighted by Gasteiger charge is -2.43. The van der Waals surface area contributed by atoms with Gasteiger partial charge in [0.1, 0.15) is 0 Å². The summed E-state index contributed by atoms with van der Waals surface area (Å²) < 4.78 is 43.0. The molecule has 0 aromatic heterocycles. The van der Waals surface area contributed by atoms with Gasteiger partial charge in [0.15, 0.2) is 11.5 Å². The molecule has 2 aromatic rings. The molecule has 0 bridgehead atoms. The Balaban J connectivity index is 2.18. The molecule has 174 valence electrons. The normalized spacial score (nSPS) is 18.0. The van der Waals surface area contributed by atoms with Crippen molar-refractivity contribution in [3.63, 3.8) is 0 Å². The minimum absolute atomic E-state index is 0.237. The van der Waals surface area contributed by atoms with Gasteiger partial charge in [-0.05, 0) is 31.9 Å². The lowest BCUT2D eigenvalue weighted by molar-refractivity contribution is 0.0819. The zero-order chi connectivity index (χ0) is 23.5. The Morgan fingerprint density at radius 2 is 1.75 bits per heavy atom. The number of carbonyl (C=O) groups is 1. The molecule has 1 aliphatic heterocycles. The molecule has 9 heteroatoms. The minimum Gasteiger partial charge on any atom is -0.493 e. The third kappa shape index (κ3) is 4.77. The number of rotatable bonds is 7. The Kier molecular flexibility index (Phi) is 7.18. The zero-order valence-corrected chi connectivity index (χ0v) is 19.9. The first-order valence-electron chi connectivity index (χ1n) is 10.4. The van der Waals surface area contributed by atoms with Crippen molar-refractivity contribution in [1.82, 2.24) is 4.90 Å². The van der Waals surface area contributed by atoms with E-state index in [0.717, 1.165) is 5.56 Å². The Morgan fingerprint density at radius 3 is 2.31 bits per heavy atom. The summed E-state index contributed by atoms with van der Waals surface area (Å²) in [7, 11) is -0.550. The van der Waals surface area contributed by atoms with Crippen LogP contribution in [0.3, 0.4) is 0 Å². The zero-order valence-electron chi connectivity index (χ0n) is 19.1. The van der Waals surface area contributed by atoms with Gasteiger partial charge in [0, 0.05) is 24.2 Å². The fraction of sp³-hybridized carbons (Fsp3) is 0.435. The second kappa shape index (κ2) is 9.68. The molecular formula is C23H30N2O6S. The third-order valence-electron chi connectivity index (χ3n) is 5.53. The molecule has 2 aromatic carbocycles. The molecule has 0 saturated heterocycles. The molecular weight excluding hydrogens is 432 g/mol. The van der Waals surface area contributed by atoms with Crippen molar-refractivity contribution < 1.29 is 27.4 Å². The molecule has 0 spiro atoms. The van der Waals surface area contributed by atoms with Crippen LogP contribution in [0.25, 0.3) is 0 Å². The molecule has 1 amide bonds. The first kappa shape index (κ1) is 23.7. The molecule has 1 aliphatic rings. The van der Waals surface area contributed by atoms with Crippen LogP contribution < -0.4 is 13.8 Å². The summed E-state index contributed by atoms with van der Waals surface area (Å²) >= 11 is 0. The molecule has 8 nitrogen and oxygen atoms in total. The maximum Gasteiger partial charge on any atom is 0.410 e. The average Bonchev–Trinajstić information content (AvgIpc) is 2.75. The van der Waals surface area contributed by atoms with Crippen LogP contribution in [0.4, 0.5) is 10.5 Å². The summed E-state index contributed by atoms with van der Waals surface area (Å²) in [5, 5.41) is 0. The molecule has 0 fully saturated rings. The van der Waals surface area contributed by atoms with Crippen molar-refractivity contribution in [2.45, 2.75) is 38.9 Å². The van der Waals surface area contributed by atoms with Gasteiger partial charge < -0.3 is 14.2 Å². The van der Waals surface area contributed by atoms with Gasteiger partial charge in [-0.15, -0.1) is 0 Å². The average molecular weight is 463 g/mol. The number of hydrogen-bond acceptors (Lipinski definition) is 6. The van der Waals surface area contributed by atoms with E-state index < -0.39 is 22.2 Å². The number of hydrogen-bond donors (Lipinski definition) is 0. The maximum absolute atomic E-state index is 13.0. The fourth-order valence-electron chi connectivity index (χ4n) is 4.21. The van der Waals surface area contributed by atoms with E-state index in [1.807, 2.05) is 37.3 Å². The number of amides is 1. The highest BCUT2D eigenvalue weighted by atomic mass is 32.2. The van der Waals surface area contributed by atoms with E-state index in [2.05, 4.69) is 0 Å². The van der Waals surface area contributed by atoms with Gasteiger partial charge in [-0.3, -0.25) is 9.21 Å². The summed E-state index contributed by atoms with van der Waals surface area (Å²) in [6, 6.07) is 12.2. The lowest BCUT2D eigenvalue weighted by Crippen LogP contribution is -2.47. The minimum atomic E-state index is -3.57. The highest BCUT2D eigenvalue weighted by molar-refractivity contribution is 7.92. The number of fused-ring (bicyclic) bond motifs is 1. The van der Waals surface area contributed by atoms with E-state index in [4.69, 9.17) is 14.2 Å². The number of sulfonamides is 1. The van der Waals surface area contributed by atoms with E-state index in [9.17, 15) is 13.2 Å². The molecule has 0 N–H and O–H groups in total. The lowest BCUT2D eigenvalue weighted by atomic mass is 9.91. The van der Waals surface area contributed by atoms with E-state index in [1.165, 1.54) is 24.8 Å². The number of ether oxygens (including phenoxy) is 3. The van der Waals surface area contributed by atoms with E-state index in [-0.39, 0.29) is 12.6 Å². The molecule has 1 heterocycles. The second-order valence-electron chi connectivity index (χ2n) is 7.74. The Labute approximate surface area is 189 Å². The SMILES string of the molecule is CCOC(=O)N(Cc1ccccc1)C1CC(C)N(S(C)(=O)=O)c2cc(OC)c(OC)cc21. The van der Waals surface area contributed by atoms with Crippen LogP contribution in [0.1, 0.15) is 37.4 Å². The second-order valence-corrected chi connectivity index (χ2v) is 9.60. The molecule has 0 radical (unpaired) electrons. The van der Waals surface area contributed by atoms with Crippen molar-refractivity contribution >= 4 is 21.8 Å². The Hall–Kier alpha value is -2.94. The third-order valence-corrected chi connectivity index (χ3v) is 6.80. The van der Waals surface area contributed by atoms with Crippen molar-refractivity contribution in [3.05, 3.63) is 53.6 Å². The molecule has 2 atom stereocenters. The quantitative estimate of drug-likeness (QED) is 0.619. The maximum atomic E-state index is 13.0. The van der Waals surface area contributed by atoms with E-state index in [1.54, 1.807) is 24.0 Å². The Bertz CT molecular complexity index is 1060. The first-order chi connectivity index (χ1) is 15.2.